The summed E-state index contributed by atoms with van der Waals surface area (Å²) in [6, 6.07) is 5.71. The van der Waals surface area contributed by atoms with E-state index in [1.54, 1.807) is 24.3 Å². The fourth-order valence-corrected chi connectivity index (χ4v) is 2.06. The summed E-state index contributed by atoms with van der Waals surface area (Å²) in [4.78, 5) is 23.0. The molecule has 0 spiro atoms. The van der Waals surface area contributed by atoms with Crippen LogP contribution >= 0.6 is 0 Å². The Morgan fingerprint density at radius 3 is 2.32 bits per heavy atom. The van der Waals surface area contributed by atoms with Gasteiger partial charge in [0.2, 0.25) is 5.91 Å². The highest BCUT2D eigenvalue weighted by atomic mass is 16.4. The summed E-state index contributed by atoms with van der Waals surface area (Å²) in [5, 5.41) is 20.1. The van der Waals surface area contributed by atoms with Crippen molar-refractivity contribution in [2.24, 2.45) is 0 Å². The molecule has 5 N–H and O–H groups in total. The van der Waals surface area contributed by atoms with Crippen molar-refractivity contribution in [2.75, 3.05) is 12.3 Å². The highest BCUT2D eigenvalue weighted by Crippen LogP contribution is 2.48. The Kier molecular flexibility index (Phi) is 3.44. The number of benzene rings is 1. The number of aliphatic hydroxyl groups is 1. The number of rotatable bonds is 5. The van der Waals surface area contributed by atoms with Crippen LogP contribution in [0.5, 0.6) is 0 Å². The maximum Gasteiger partial charge on any atom is 0.328 e. The molecule has 0 radical (unpaired) electrons. The third-order valence-corrected chi connectivity index (χ3v) is 3.43. The van der Waals surface area contributed by atoms with Gasteiger partial charge in [-0.1, -0.05) is 12.1 Å². The minimum absolute atomic E-state index is 0.362. The average molecular weight is 264 g/mol. The van der Waals surface area contributed by atoms with Crippen LogP contribution in [-0.2, 0) is 15.0 Å². The predicted molar refractivity (Wildman–Crippen MR) is 68.4 cm³/mol. The molecule has 1 atom stereocenters. The van der Waals surface area contributed by atoms with Gasteiger partial charge in [0.15, 0.2) is 0 Å². The molecule has 0 heterocycles. The van der Waals surface area contributed by atoms with Crippen LogP contribution in [0.2, 0.25) is 0 Å². The second-order valence-corrected chi connectivity index (χ2v) is 4.75. The highest BCUT2D eigenvalue weighted by Gasteiger charge is 2.51. The number of carbonyl (C=O) groups is 2. The maximum absolute atomic E-state index is 12.2. The van der Waals surface area contributed by atoms with Crippen molar-refractivity contribution in [3.05, 3.63) is 29.8 Å². The highest BCUT2D eigenvalue weighted by molar-refractivity contribution is 5.94. The number of aliphatic hydroxyl groups excluding tert-OH is 1. The molecule has 19 heavy (non-hydrogen) atoms. The van der Waals surface area contributed by atoms with Gasteiger partial charge in [0.1, 0.15) is 6.04 Å². The van der Waals surface area contributed by atoms with Gasteiger partial charge in [0.05, 0.1) is 12.0 Å². The van der Waals surface area contributed by atoms with Crippen molar-refractivity contribution in [1.82, 2.24) is 5.32 Å². The zero-order valence-corrected chi connectivity index (χ0v) is 10.3. The van der Waals surface area contributed by atoms with Crippen LogP contribution in [0.4, 0.5) is 5.69 Å². The zero-order chi connectivity index (χ0) is 14.0. The summed E-state index contributed by atoms with van der Waals surface area (Å²) < 4.78 is 0. The van der Waals surface area contributed by atoms with E-state index in [0.29, 0.717) is 18.5 Å². The SMILES string of the molecule is Nc1ccc(C2(C(=O)N[C@H](CO)C(=O)O)CC2)cc1. The van der Waals surface area contributed by atoms with Gasteiger partial charge in [-0.3, -0.25) is 4.79 Å². The van der Waals surface area contributed by atoms with Gasteiger partial charge >= 0.3 is 5.97 Å². The number of carbonyl (C=O) groups excluding carboxylic acids is 1. The number of hydrogen-bond donors (Lipinski definition) is 4. The molecule has 6 heteroatoms. The molecule has 0 bridgehead atoms. The second kappa shape index (κ2) is 4.89. The van der Waals surface area contributed by atoms with E-state index in [4.69, 9.17) is 15.9 Å². The molecule has 2 rings (SSSR count). The van der Waals surface area contributed by atoms with Crippen LogP contribution in [0.15, 0.2) is 24.3 Å². The topological polar surface area (TPSA) is 113 Å². The van der Waals surface area contributed by atoms with E-state index in [2.05, 4.69) is 5.32 Å². The third kappa shape index (κ3) is 2.53. The molecule has 6 nitrogen and oxygen atoms in total. The lowest BCUT2D eigenvalue weighted by atomic mass is 9.94. The van der Waals surface area contributed by atoms with E-state index < -0.39 is 24.0 Å². The van der Waals surface area contributed by atoms with Gasteiger partial charge in [0.25, 0.3) is 0 Å². The number of nitrogen functional groups attached to an aromatic ring is 1. The minimum Gasteiger partial charge on any atom is -0.480 e. The van der Waals surface area contributed by atoms with E-state index in [1.165, 1.54) is 0 Å². The summed E-state index contributed by atoms with van der Waals surface area (Å²) in [5.74, 6) is -1.61. The number of carboxylic acid groups (broad SMARTS) is 1. The Hall–Kier alpha value is -2.08. The van der Waals surface area contributed by atoms with Crippen molar-refractivity contribution in [3.8, 4) is 0 Å². The Morgan fingerprint density at radius 1 is 1.32 bits per heavy atom. The van der Waals surface area contributed by atoms with Crippen molar-refractivity contribution in [1.29, 1.82) is 0 Å². The average Bonchev–Trinajstić information content (AvgIpc) is 3.17. The fraction of sp³-hybridized carbons (Fsp3) is 0.385. The standard InChI is InChI=1S/C13H16N2O4/c14-9-3-1-8(2-4-9)13(5-6-13)12(19)15-10(7-16)11(17)18/h1-4,10,16H,5-7,14H2,(H,15,19)(H,17,18)/t10-/m1/s1. The van der Waals surface area contributed by atoms with Crippen LogP contribution in [0.25, 0.3) is 0 Å². The lowest BCUT2D eigenvalue weighted by Crippen LogP contribution is -2.47. The van der Waals surface area contributed by atoms with Crippen LogP contribution < -0.4 is 11.1 Å². The molecule has 0 aliphatic heterocycles. The van der Waals surface area contributed by atoms with Crippen molar-refractivity contribution in [2.45, 2.75) is 24.3 Å². The summed E-state index contributed by atoms with van der Waals surface area (Å²) in [5.41, 5.74) is 6.36. The molecule has 1 saturated carbocycles. The van der Waals surface area contributed by atoms with E-state index in [-0.39, 0.29) is 5.91 Å². The number of nitrogens with two attached hydrogens (primary N) is 1. The first-order chi connectivity index (χ1) is 8.99. The lowest BCUT2D eigenvalue weighted by molar-refractivity contribution is -0.143. The smallest absolute Gasteiger partial charge is 0.328 e. The van der Waals surface area contributed by atoms with E-state index in [9.17, 15) is 9.59 Å². The number of hydrogen-bond acceptors (Lipinski definition) is 4. The van der Waals surface area contributed by atoms with Gasteiger partial charge in [-0.05, 0) is 30.5 Å². The molecule has 1 aromatic rings. The van der Waals surface area contributed by atoms with Gasteiger partial charge in [-0.25, -0.2) is 4.79 Å². The van der Waals surface area contributed by atoms with Crippen molar-refractivity contribution >= 4 is 17.6 Å². The number of anilines is 1. The molecular formula is C13H16N2O4. The monoisotopic (exact) mass is 264 g/mol. The molecule has 1 aliphatic rings. The number of aliphatic carboxylic acids is 1. The molecule has 0 aromatic heterocycles. The molecule has 102 valence electrons. The molecule has 1 amide bonds. The second-order valence-electron chi connectivity index (χ2n) is 4.75. The van der Waals surface area contributed by atoms with E-state index >= 15 is 0 Å². The van der Waals surface area contributed by atoms with Gasteiger partial charge in [-0.2, -0.15) is 0 Å². The Bertz CT molecular complexity index is 494. The summed E-state index contributed by atoms with van der Waals surface area (Å²) in [6.45, 7) is -0.626. The molecule has 0 saturated heterocycles. The molecule has 0 unspecified atom stereocenters. The first kappa shape index (κ1) is 13.4. The van der Waals surface area contributed by atoms with Crippen LogP contribution in [-0.4, -0.2) is 34.7 Å². The quantitative estimate of drug-likeness (QED) is 0.553. The van der Waals surface area contributed by atoms with Gasteiger partial charge < -0.3 is 21.3 Å². The molecule has 1 aliphatic carbocycles. The van der Waals surface area contributed by atoms with Crippen LogP contribution in [0, 0.1) is 0 Å². The van der Waals surface area contributed by atoms with Gasteiger partial charge in [-0.15, -0.1) is 0 Å². The normalized spacial score (nSPS) is 17.5. The number of nitrogens with one attached hydrogen (secondary N) is 1. The zero-order valence-electron chi connectivity index (χ0n) is 10.3. The predicted octanol–water partition coefficient (Wildman–Crippen LogP) is -0.138. The van der Waals surface area contributed by atoms with E-state index in [0.717, 1.165) is 5.56 Å². The Labute approximate surface area is 110 Å². The lowest BCUT2D eigenvalue weighted by Gasteiger charge is -2.19. The Balaban J connectivity index is 2.14. The molecule has 1 aromatic carbocycles. The molecule has 1 fully saturated rings. The van der Waals surface area contributed by atoms with Crippen molar-refractivity contribution in [3.63, 3.8) is 0 Å². The number of amides is 1. The summed E-state index contributed by atoms with van der Waals surface area (Å²) >= 11 is 0. The minimum atomic E-state index is -1.27. The summed E-state index contributed by atoms with van der Waals surface area (Å²) in [6.07, 6.45) is 1.33. The number of carboxylic acids is 1. The third-order valence-electron chi connectivity index (χ3n) is 3.43. The Morgan fingerprint density at radius 2 is 1.89 bits per heavy atom. The largest absolute Gasteiger partial charge is 0.480 e. The first-order valence-electron chi connectivity index (χ1n) is 6.00. The van der Waals surface area contributed by atoms with Gasteiger partial charge in [0, 0.05) is 5.69 Å². The van der Waals surface area contributed by atoms with Crippen molar-refractivity contribution < 1.29 is 19.8 Å². The van der Waals surface area contributed by atoms with Crippen LogP contribution in [0.1, 0.15) is 18.4 Å². The maximum atomic E-state index is 12.2. The fourth-order valence-electron chi connectivity index (χ4n) is 2.06. The first-order valence-corrected chi connectivity index (χ1v) is 6.00. The summed E-state index contributed by atoms with van der Waals surface area (Å²) in [7, 11) is 0. The van der Waals surface area contributed by atoms with Crippen LogP contribution in [0.3, 0.4) is 0 Å². The van der Waals surface area contributed by atoms with E-state index in [1.807, 2.05) is 0 Å². The molecular weight excluding hydrogens is 248 g/mol.